The molecule has 0 radical (unpaired) electrons. The lowest BCUT2D eigenvalue weighted by atomic mass is 10.1. The second-order valence-corrected chi connectivity index (χ2v) is 5.67. The van der Waals surface area contributed by atoms with E-state index in [0.29, 0.717) is 16.9 Å². The zero-order valence-corrected chi connectivity index (χ0v) is 14.0. The molecule has 1 heterocycles. The molecule has 0 aliphatic carbocycles. The van der Waals surface area contributed by atoms with Crippen LogP contribution >= 0.6 is 15.9 Å². The molecule has 0 saturated heterocycles. The summed E-state index contributed by atoms with van der Waals surface area (Å²) >= 11 is 3.26. The lowest BCUT2D eigenvalue weighted by Gasteiger charge is -2.06. The van der Waals surface area contributed by atoms with Gasteiger partial charge in [0.05, 0.1) is 13.0 Å². The summed E-state index contributed by atoms with van der Waals surface area (Å²) in [7, 11) is 0. The largest absolute Gasteiger partial charge is 0.465 e. The minimum Gasteiger partial charge on any atom is -0.465 e. The molecule has 0 aliphatic heterocycles. The number of unbranched alkanes of at least 4 members (excludes halogenated alkanes) is 5. The number of hydrogen-bond donors (Lipinski definition) is 0. The molecule has 0 fully saturated rings. The molecule has 0 atom stereocenters. The molecule has 21 heavy (non-hydrogen) atoms. The van der Waals surface area contributed by atoms with Gasteiger partial charge in [0.25, 0.3) is 0 Å². The van der Waals surface area contributed by atoms with Gasteiger partial charge in [0.15, 0.2) is 0 Å². The van der Waals surface area contributed by atoms with Crippen molar-refractivity contribution in [3.63, 3.8) is 0 Å². The highest BCUT2D eigenvalue weighted by molar-refractivity contribution is 9.10. The average molecular weight is 353 g/mol. The van der Waals surface area contributed by atoms with Crippen LogP contribution in [0.5, 0.6) is 0 Å². The summed E-state index contributed by atoms with van der Waals surface area (Å²) in [5.41, 5.74) is 1.06. The van der Waals surface area contributed by atoms with Crippen molar-refractivity contribution in [3.05, 3.63) is 28.0 Å². The van der Waals surface area contributed by atoms with E-state index in [2.05, 4.69) is 27.8 Å². The summed E-state index contributed by atoms with van der Waals surface area (Å²) < 4.78 is 5.74. The van der Waals surface area contributed by atoms with Crippen molar-refractivity contribution in [2.75, 3.05) is 6.61 Å². The number of carbonyl (C=O) groups is 1. The maximum Gasteiger partial charge on any atom is 0.310 e. The third-order valence-corrected chi connectivity index (χ3v) is 3.82. The summed E-state index contributed by atoms with van der Waals surface area (Å²) in [5.74, 6) is -0.254. The third-order valence-electron chi connectivity index (χ3n) is 3.14. The van der Waals surface area contributed by atoms with Crippen molar-refractivity contribution in [1.82, 2.24) is 4.98 Å². The van der Waals surface area contributed by atoms with E-state index in [9.17, 15) is 4.79 Å². The third kappa shape index (κ3) is 7.24. The topological polar surface area (TPSA) is 63.0 Å². The minimum absolute atomic E-state index is 0.176. The molecule has 0 aliphatic rings. The van der Waals surface area contributed by atoms with E-state index in [1.165, 1.54) is 25.7 Å². The van der Waals surface area contributed by atoms with Crippen molar-refractivity contribution in [3.8, 4) is 6.07 Å². The van der Waals surface area contributed by atoms with Crippen LogP contribution in [0, 0.1) is 11.3 Å². The normalized spacial score (nSPS) is 10.1. The van der Waals surface area contributed by atoms with Gasteiger partial charge >= 0.3 is 5.97 Å². The molecule has 0 saturated carbocycles. The number of nitrogens with zero attached hydrogens (tertiary/aromatic N) is 2. The molecule has 0 bridgehead atoms. The van der Waals surface area contributed by atoms with Gasteiger partial charge in [-0.05, 0) is 34.0 Å². The number of rotatable bonds is 9. The van der Waals surface area contributed by atoms with Crippen LogP contribution in [0.2, 0.25) is 0 Å². The molecule has 1 aromatic heterocycles. The lowest BCUT2D eigenvalue weighted by molar-refractivity contribution is -0.142. The number of halogens is 1. The smallest absolute Gasteiger partial charge is 0.310 e. The second kappa shape index (κ2) is 10.3. The highest BCUT2D eigenvalue weighted by Gasteiger charge is 2.09. The molecule has 0 amide bonds. The first-order chi connectivity index (χ1) is 10.2. The van der Waals surface area contributed by atoms with E-state index in [1.807, 2.05) is 6.07 Å². The van der Waals surface area contributed by atoms with Crippen molar-refractivity contribution < 1.29 is 9.53 Å². The predicted molar refractivity (Wildman–Crippen MR) is 84.7 cm³/mol. The van der Waals surface area contributed by atoms with E-state index >= 15 is 0 Å². The Labute approximate surface area is 134 Å². The quantitative estimate of drug-likeness (QED) is 0.380. The standard InChI is InChI=1S/C16H21BrN2O2/c1-2-3-4-5-6-7-10-21-15(20)11-13-8-9-14(12-18)19-16(13)17/h8-9H,2-7,10-11H2,1H3. The molecular formula is C16H21BrN2O2. The van der Waals surface area contributed by atoms with Gasteiger partial charge in [0, 0.05) is 0 Å². The van der Waals surface area contributed by atoms with Crippen LogP contribution in [0.3, 0.4) is 0 Å². The van der Waals surface area contributed by atoms with Gasteiger partial charge in [0.2, 0.25) is 0 Å². The average Bonchev–Trinajstić information content (AvgIpc) is 2.48. The lowest BCUT2D eigenvalue weighted by Crippen LogP contribution is -2.10. The summed E-state index contributed by atoms with van der Waals surface area (Å²) in [6, 6.07) is 5.28. The number of hydrogen-bond acceptors (Lipinski definition) is 4. The summed E-state index contributed by atoms with van der Waals surface area (Å²) in [6.45, 7) is 2.67. The molecule has 5 heteroatoms. The Bertz CT molecular complexity index is 498. The molecule has 0 N–H and O–H groups in total. The summed E-state index contributed by atoms with van der Waals surface area (Å²) in [6.07, 6.45) is 7.18. The maximum absolute atomic E-state index is 11.7. The van der Waals surface area contributed by atoms with E-state index in [-0.39, 0.29) is 12.4 Å². The Morgan fingerprint density at radius 2 is 2.00 bits per heavy atom. The van der Waals surface area contributed by atoms with Gasteiger partial charge in [-0.3, -0.25) is 4.79 Å². The van der Waals surface area contributed by atoms with Crippen LogP contribution < -0.4 is 0 Å². The zero-order valence-electron chi connectivity index (χ0n) is 12.4. The Morgan fingerprint density at radius 3 is 2.67 bits per heavy atom. The van der Waals surface area contributed by atoms with Crippen LogP contribution in [0.25, 0.3) is 0 Å². The molecule has 114 valence electrons. The molecule has 0 unspecified atom stereocenters. The van der Waals surface area contributed by atoms with Gasteiger partial charge in [-0.25, -0.2) is 4.98 Å². The van der Waals surface area contributed by atoms with Gasteiger partial charge in [-0.2, -0.15) is 5.26 Å². The Kier molecular flexibility index (Phi) is 8.68. The molecule has 0 spiro atoms. The molecule has 0 aromatic carbocycles. The number of ether oxygens (including phenoxy) is 1. The molecule has 1 aromatic rings. The van der Waals surface area contributed by atoms with Gasteiger partial charge < -0.3 is 4.74 Å². The Hall–Kier alpha value is -1.41. The Morgan fingerprint density at radius 1 is 1.29 bits per heavy atom. The fraction of sp³-hybridized carbons (Fsp3) is 0.562. The van der Waals surface area contributed by atoms with E-state index < -0.39 is 0 Å². The van der Waals surface area contributed by atoms with Crippen molar-refractivity contribution in [2.45, 2.75) is 51.9 Å². The van der Waals surface area contributed by atoms with E-state index in [1.54, 1.807) is 12.1 Å². The molecular weight excluding hydrogens is 332 g/mol. The van der Waals surface area contributed by atoms with Crippen molar-refractivity contribution >= 4 is 21.9 Å². The summed E-state index contributed by atoms with van der Waals surface area (Å²) in [4.78, 5) is 15.7. The monoisotopic (exact) mass is 352 g/mol. The van der Waals surface area contributed by atoms with Crippen molar-refractivity contribution in [1.29, 1.82) is 5.26 Å². The fourth-order valence-corrected chi connectivity index (χ4v) is 2.40. The van der Waals surface area contributed by atoms with Crippen LogP contribution in [0.1, 0.15) is 56.7 Å². The first-order valence-electron chi connectivity index (χ1n) is 7.38. The predicted octanol–water partition coefficient (Wildman–Crippen LogP) is 4.16. The fourth-order valence-electron chi connectivity index (χ4n) is 1.93. The van der Waals surface area contributed by atoms with Crippen LogP contribution in [-0.2, 0) is 16.0 Å². The first kappa shape index (κ1) is 17.6. The van der Waals surface area contributed by atoms with Gasteiger partial charge in [0.1, 0.15) is 16.4 Å². The highest BCUT2D eigenvalue weighted by atomic mass is 79.9. The number of nitriles is 1. The van der Waals surface area contributed by atoms with E-state index in [4.69, 9.17) is 10.00 Å². The minimum atomic E-state index is -0.254. The van der Waals surface area contributed by atoms with E-state index in [0.717, 1.165) is 18.4 Å². The molecule has 1 rings (SSSR count). The zero-order chi connectivity index (χ0) is 15.5. The maximum atomic E-state index is 11.7. The number of pyridine rings is 1. The number of carbonyl (C=O) groups excluding carboxylic acids is 1. The SMILES string of the molecule is CCCCCCCCOC(=O)Cc1ccc(C#N)nc1Br. The summed E-state index contributed by atoms with van der Waals surface area (Å²) in [5, 5.41) is 8.73. The van der Waals surface area contributed by atoms with Crippen molar-refractivity contribution in [2.24, 2.45) is 0 Å². The van der Waals surface area contributed by atoms with Crippen LogP contribution in [0.4, 0.5) is 0 Å². The molecule has 4 nitrogen and oxygen atoms in total. The number of aromatic nitrogens is 1. The van der Waals surface area contributed by atoms with Gasteiger partial charge in [-0.1, -0.05) is 45.1 Å². The number of esters is 1. The first-order valence-corrected chi connectivity index (χ1v) is 8.17. The highest BCUT2D eigenvalue weighted by Crippen LogP contribution is 2.15. The van der Waals surface area contributed by atoms with Crippen LogP contribution in [0.15, 0.2) is 16.7 Å². The second-order valence-electron chi connectivity index (χ2n) is 4.92. The van der Waals surface area contributed by atoms with Crippen LogP contribution in [-0.4, -0.2) is 17.6 Å². The van der Waals surface area contributed by atoms with Gasteiger partial charge in [-0.15, -0.1) is 0 Å². The Balaban J connectivity index is 2.23.